The largest absolute Gasteiger partial charge is 0.324 e. The van der Waals surface area contributed by atoms with E-state index in [1.54, 1.807) is 16.0 Å². The van der Waals surface area contributed by atoms with Gasteiger partial charge in [-0.05, 0) is 86.1 Å². The average Bonchev–Trinajstić information content (AvgIpc) is 3.63. The summed E-state index contributed by atoms with van der Waals surface area (Å²) in [6.45, 7) is 10.1. The number of Topliss-reactive ketones (excluding diaryl/α,β-unsaturated/α-hetero) is 1. The van der Waals surface area contributed by atoms with Crippen LogP contribution in [0.4, 0.5) is 16.3 Å². The molecule has 226 valence electrons. The molecule has 0 saturated carbocycles. The van der Waals surface area contributed by atoms with Crippen molar-refractivity contribution >= 4 is 44.7 Å². The second kappa shape index (κ2) is 12.4. The number of benzene rings is 3. The summed E-state index contributed by atoms with van der Waals surface area (Å²) in [6.07, 6.45) is 1.86. The Morgan fingerprint density at radius 3 is 2.41 bits per heavy atom. The highest BCUT2D eigenvalue weighted by Gasteiger charge is 2.33. The van der Waals surface area contributed by atoms with Crippen LogP contribution in [0.5, 0.6) is 0 Å². The number of carbonyl (C=O) groups excluding carboxylic acids is 2. The van der Waals surface area contributed by atoms with E-state index in [4.69, 9.17) is 5.10 Å². The SMILES string of the molecule is Cc1ccc(-n2nc(C(C)(C)C)cc2NC(=O)Nc2cccc(C(C(=O)c3cc4ccccc4s3)C3CCNCC3)c2)cc1. The molecular formula is C36H39N5O2S. The van der Waals surface area contributed by atoms with Gasteiger partial charge in [0.05, 0.1) is 22.2 Å². The Morgan fingerprint density at radius 2 is 1.68 bits per heavy atom. The van der Waals surface area contributed by atoms with Crippen molar-refractivity contribution in [1.29, 1.82) is 0 Å². The first kappa shape index (κ1) is 29.8. The van der Waals surface area contributed by atoms with E-state index in [0.29, 0.717) is 11.5 Å². The van der Waals surface area contributed by atoms with Crippen molar-refractivity contribution in [3.8, 4) is 5.69 Å². The molecule has 1 unspecified atom stereocenters. The summed E-state index contributed by atoms with van der Waals surface area (Å²) in [4.78, 5) is 28.3. The molecule has 2 aromatic heterocycles. The predicted octanol–water partition coefficient (Wildman–Crippen LogP) is 8.30. The summed E-state index contributed by atoms with van der Waals surface area (Å²) in [5.74, 6) is 0.668. The molecule has 1 aliphatic rings. The van der Waals surface area contributed by atoms with Crippen LogP contribution in [0, 0.1) is 12.8 Å². The average molecular weight is 606 g/mol. The van der Waals surface area contributed by atoms with Crippen LogP contribution in [0.25, 0.3) is 15.8 Å². The first-order chi connectivity index (χ1) is 21.2. The summed E-state index contributed by atoms with van der Waals surface area (Å²) in [5.41, 5.74) is 4.27. The van der Waals surface area contributed by atoms with Crippen LogP contribution in [0.3, 0.4) is 0 Å². The molecule has 44 heavy (non-hydrogen) atoms. The first-order valence-corrected chi connectivity index (χ1v) is 16.1. The van der Waals surface area contributed by atoms with Crippen LogP contribution in [-0.4, -0.2) is 34.7 Å². The third-order valence-electron chi connectivity index (χ3n) is 8.31. The number of amides is 2. The second-order valence-corrected chi connectivity index (χ2v) is 13.8. The van der Waals surface area contributed by atoms with Crippen molar-refractivity contribution in [2.45, 2.75) is 51.9 Å². The quantitative estimate of drug-likeness (QED) is 0.163. The molecule has 5 aromatic rings. The lowest BCUT2D eigenvalue weighted by Crippen LogP contribution is -2.33. The number of rotatable bonds is 7. The summed E-state index contributed by atoms with van der Waals surface area (Å²) in [5, 5.41) is 15.4. The van der Waals surface area contributed by atoms with Gasteiger partial charge in [-0.3, -0.25) is 10.1 Å². The van der Waals surface area contributed by atoms with E-state index in [-0.39, 0.29) is 29.1 Å². The molecule has 0 aliphatic carbocycles. The monoisotopic (exact) mass is 605 g/mol. The van der Waals surface area contributed by atoms with E-state index >= 15 is 0 Å². The maximum absolute atomic E-state index is 14.1. The van der Waals surface area contributed by atoms with Gasteiger partial charge < -0.3 is 10.6 Å². The molecule has 0 spiro atoms. The molecule has 8 heteroatoms. The predicted molar refractivity (Wildman–Crippen MR) is 181 cm³/mol. The minimum absolute atomic E-state index is 0.149. The highest BCUT2D eigenvalue weighted by atomic mass is 32.1. The minimum Gasteiger partial charge on any atom is -0.317 e. The number of nitrogens with one attached hydrogen (secondary N) is 3. The number of urea groups is 1. The van der Waals surface area contributed by atoms with Gasteiger partial charge >= 0.3 is 6.03 Å². The zero-order chi connectivity index (χ0) is 30.8. The number of hydrogen-bond donors (Lipinski definition) is 3. The topological polar surface area (TPSA) is 88.1 Å². The van der Waals surface area contributed by atoms with Crippen LogP contribution in [0.1, 0.15) is 66.0 Å². The van der Waals surface area contributed by atoms with Crippen LogP contribution < -0.4 is 16.0 Å². The molecule has 3 heterocycles. The van der Waals surface area contributed by atoms with E-state index < -0.39 is 0 Å². The van der Waals surface area contributed by atoms with Gasteiger partial charge in [-0.2, -0.15) is 5.10 Å². The van der Waals surface area contributed by atoms with Gasteiger partial charge in [-0.1, -0.05) is 68.8 Å². The Balaban J connectivity index is 1.26. The van der Waals surface area contributed by atoms with Crippen molar-refractivity contribution in [2.24, 2.45) is 5.92 Å². The van der Waals surface area contributed by atoms with E-state index in [1.807, 2.05) is 79.7 Å². The fourth-order valence-electron chi connectivity index (χ4n) is 5.88. The zero-order valence-electron chi connectivity index (χ0n) is 25.7. The van der Waals surface area contributed by atoms with E-state index in [2.05, 4.69) is 48.9 Å². The molecule has 1 atom stereocenters. The van der Waals surface area contributed by atoms with Gasteiger partial charge in [0.2, 0.25) is 0 Å². The molecule has 1 fully saturated rings. The van der Waals surface area contributed by atoms with Crippen molar-refractivity contribution in [2.75, 3.05) is 23.7 Å². The Morgan fingerprint density at radius 1 is 0.932 bits per heavy atom. The van der Waals surface area contributed by atoms with Crippen molar-refractivity contribution in [3.63, 3.8) is 0 Å². The van der Waals surface area contributed by atoms with Crippen LogP contribution >= 0.6 is 11.3 Å². The van der Waals surface area contributed by atoms with E-state index in [0.717, 1.165) is 63.4 Å². The van der Waals surface area contributed by atoms with Crippen molar-refractivity contribution in [3.05, 3.63) is 107 Å². The summed E-state index contributed by atoms with van der Waals surface area (Å²) in [7, 11) is 0. The molecular weight excluding hydrogens is 566 g/mol. The molecule has 6 rings (SSSR count). The molecule has 1 aliphatic heterocycles. The molecule has 1 saturated heterocycles. The van der Waals surface area contributed by atoms with E-state index in [9.17, 15) is 9.59 Å². The van der Waals surface area contributed by atoms with E-state index in [1.165, 1.54) is 0 Å². The number of ketones is 1. The van der Waals surface area contributed by atoms with Crippen molar-refractivity contribution < 1.29 is 9.59 Å². The van der Waals surface area contributed by atoms with Gasteiger partial charge in [0, 0.05) is 21.9 Å². The number of nitrogens with zero attached hydrogens (tertiary/aromatic N) is 2. The third kappa shape index (κ3) is 6.47. The zero-order valence-corrected chi connectivity index (χ0v) is 26.5. The van der Waals surface area contributed by atoms with Crippen molar-refractivity contribution in [1.82, 2.24) is 15.1 Å². The second-order valence-electron chi connectivity index (χ2n) is 12.7. The Bertz CT molecular complexity index is 1760. The molecule has 0 bridgehead atoms. The number of carbonyl (C=O) groups is 2. The molecule has 0 radical (unpaired) electrons. The number of fused-ring (bicyclic) bond motifs is 1. The summed E-state index contributed by atoms with van der Waals surface area (Å²) in [6, 6.07) is 27.5. The van der Waals surface area contributed by atoms with Crippen LogP contribution in [0.15, 0.2) is 84.9 Å². The number of aromatic nitrogens is 2. The summed E-state index contributed by atoms with van der Waals surface area (Å²) >= 11 is 1.56. The van der Waals surface area contributed by atoms with Crippen LogP contribution in [-0.2, 0) is 5.41 Å². The highest BCUT2D eigenvalue weighted by Crippen LogP contribution is 2.38. The Hall–Kier alpha value is -4.27. The standard InChI is InChI=1S/C36H39N5O2S/c1-23-12-14-28(15-13-23)41-32(22-31(40-41)36(2,3)4)39-35(43)38-27-10-7-9-26(20-27)33(24-16-18-37-19-17-24)34(42)30-21-25-8-5-6-11-29(25)44-30/h5-15,20-22,24,33,37H,16-19H2,1-4H3,(H2,38,39,43). The summed E-state index contributed by atoms with van der Waals surface area (Å²) < 4.78 is 2.89. The molecule has 2 amide bonds. The maximum Gasteiger partial charge on any atom is 0.324 e. The maximum atomic E-state index is 14.1. The molecule has 3 aromatic carbocycles. The van der Waals surface area contributed by atoms with Gasteiger partial charge in [0.1, 0.15) is 5.82 Å². The lowest BCUT2D eigenvalue weighted by molar-refractivity contribution is 0.0920. The fraction of sp³-hybridized carbons (Fsp3) is 0.306. The number of anilines is 2. The Labute approximate surface area is 262 Å². The minimum atomic E-state index is -0.370. The van der Waals surface area contributed by atoms with Gasteiger partial charge in [0.25, 0.3) is 0 Å². The number of piperidine rings is 1. The highest BCUT2D eigenvalue weighted by molar-refractivity contribution is 7.20. The van der Waals surface area contributed by atoms with Gasteiger partial charge in [-0.15, -0.1) is 11.3 Å². The molecule has 7 nitrogen and oxygen atoms in total. The van der Waals surface area contributed by atoms with Crippen LogP contribution in [0.2, 0.25) is 0 Å². The van der Waals surface area contributed by atoms with Gasteiger partial charge in [0.15, 0.2) is 5.78 Å². The van der Waals surface area contributed by atoms with Gasteiger partial charge in [-0.25, -0.2) is 9.48 Å². The normalized spacial score (nSPS) is 14.8. The Kier molecular flexibility index (Phi) is 8.38. The first-order valence-electron chi connectivity index (χ1n) is 15.2. The lowest BCUT2D eigenvalue weighted by Gasteiger charge is -2.30. The molecule has 3 N–H and O–H groups in total. The number of hydrogen-bond acceptors (Lipinski definition) is 5. The number of thiophene rings is 1. The third-order valence-corrected chi connectivity index (χ3v) is 9.44. The lowest BCUT2D eigenvalue weighted by atomic mass is 9.77. The fourth-order valence-corrected chi connectivity index (χ4v) is 6.92. The smallest absolute Gasteiger partial charge is 0.317 e. The number of aryl methyl sites for hydroxylation is 1.